The summed E-state index contributed by atoms with van der Waals surface area (Å²) in [5.41, 5.74) is 9.44. The summed E-state index contributed by atoms with van der Waals surface area (Å²) in [6.07, 6.45) is 1.54. The number of rotatable bonds is 23. The Morgan fingerprint density at radius 2 is 1.57 bits per heavy atom. The number of benzene rings is 2. The van der Waals surface area contributed by atoms with Crippen LogP contribution in [0.15, 0.2) is 48.0 Å². The molecule has 2 saturated heterocycles. The van der Waals surface area contributed by atoms with E-state index in [0.717, 1.165) is 27.3 Å². The first kappa shape index (κ1) is 60.1. The smallest absolute Gasteiger partial charge is 0.408 e. The molecular formula is C55H79ClN8O10S. The number of primary amides is 1. The Morgan fingerprint density at radius 3 is 2.20 bits per heavy atom. The Bertz CT molecular complexity index is 2470. The van der Waals surface area contributed by atoms with Crippen LogP contribution in [0.4, 0.5) is 4.79 Å². The van der Waals surface area contributed by atoms with E-state index in [1.807, 2.05) is 78.8 Å². The molecule has 0 unspecified atom stereocenters. The zero-order valence-electron chi connectivity index (χ0n) is 45.3. The fraction of sp³-hybridized carbons (Fsp3) is 0.600. The van der Waals surface area contributed by atoms with Gasteiger partial charge in [0.2, 0.25) is 35.4 Å². The minimum absolute atomic E-state index is 0.0339. The summed E-state index contributed by atoms with van der Waals surface area (Å²) >= 11 is 8.43. The van der Waals surface area contributed by atoms with Gasteiger partial charge in [-0.1, -0.05) is 82.6 Å². The summed E-state index contributed by atoms with van der Waals surface area (Å²) in [5, 5.41) is 22.7. The van der Waals surface area contributed by atoms with Crippen molar-refractivity contribution in [3.63, 3.8) is 0 Å². The first-order valence-electron chi connectivity index (χ1n) is 26.1. The lowest BCUT2D eigenvalue weighted by atomic mass is 9.85. The summed E-state index contributed by atoms with van der Waals surface area (Å²) < 4.78 is 11.6. The average molecular weight is 1080 g/mol. The van der Waals surface area contributed by atoms with Crippen molar-refractivity contribution in [3.05, 3.63) is 69.8 Å². The fourth-order valence-electron chi connectivity index (χ4n) is 9.36. The molecule has 0 aliphatic carbocycles. The molecule has 2 aliphatic rings. The highest BCUT2D eigenvalue weighted by molar-refractivity contribution is 7.13. The van der Waals surface area contributed by atoms with Gasteiger partial charge >= 0.3 is 6.09 Å². The van der Waals surface area contributed by atoms with E-state index in [9.17, 15) is 38.7 Å². The number of thiazole rings is 1. The molecule has 1 aromatic heterocycles. The lowest BCUT2D eigenvalue weighted by Gasteiger charge is -2.35. The van der Waals surface area contributed by atoms with Crippen molar-refractivity contribution in [2.45, 2.75) is 181 Å². The predicted molar refractivity (Wildman–Crippen MR) is 289 cm³/mol. The van der Waals surface area contributed by atoms with Crippen molar-refractivity contribution in [2.75, 3.05) is 19.7 Å². The Hall–Kier alpha value is -5.79. The highest BCUT2D eigenvalue weighted by Gasteiger charge is 2.45. The van der Waals surface area contributed by atoms with Crippen LogP contribution in [-0.2, 0) is 39.9 Å². The lowest BCUT2D eigenvalue weighted by Crippen LogP contribution is -2.57. The van der Waals surface area contributed by atoms with E-state index in [1.165, 1.54) is 9.80 Å². The summed E-state index contributed by atoms with van der Waals surface area (Å²) in [7, 11) is 0. The number of unbranched alkanes of at least 4 members (excludes halogenated alkanes) is 1. The average Bonchev–Trinajstić information content (AvgIpc) is 4.09. The molecule has 2 fully saturated rings. The third-order valence-corrected chi connectivity index (χ3v) is 14.7. The molecule has 0 bridgehead atoms. The number of amides is 7. The van der Waals surface area contributed by atoms with Crippen LogP contribution in [0.25, 0.3) is 10.4 Å². The molecule has 18 nitrogen and oxygen atoms in total. The van der Waals surface area contributed by atoms with Crippen molar-refractivity contribution >= 4 is 64.5 Å². The van der Waals surface area contributed by atoms with E-state index in [1.54, 1.807) is 49.8 Å². The molecule has 0 saturated carbocycles. The topological polar surface area (TPSA) is 252 Å². The number of ether oxygens (including phenoxy) is 2. The maximum atomic E-state index is 14.2. The van der Waals surface area contributed by atoms with Crippen molar-refractivity contribution in [1.29, 1.82) is 0 Å². The number of aryl methyl sites for hydroxylation is 2. The largest absolute Gasteiger partial charge is 0.490 e. The standard InChI is InChI=1S/C55H79ClN8O10S/c1-32(2)27-40(61-53(72)74-55(8,9)10)51(70)63-26-14-17-41(63)49(68)60-38(24-25-44(57)66)30-73-43-18-13-16-36(46(43)56)15-11-12-19-45(67)62-48(54(5,6)7)52(71)64-29-39(65)28-42(64)50(69)59-33(3)35-20-22-37(23-21-35)47-34(4)58-31-75-47/h13,16,18,20-23,31-33,38-42,48,65H,11-12,14-15,17,19,24-30H2,1-10H3,(H2,57,66)(H,59,69)(H,60,68)(H,61,72)(H,62,67)/t33-,38-,39+,40-,41-,42-,48+/m0/s1. The van der Waals surface area contributed by atoms with Crippen molar-refractivity contribution in [1.82, 2.24) is 36.1 Å². The van der Waals surface area contributed by atoms with Gasteiger partial charge in [-0.05, 0) is 114 Å². The number of alkyl carbamates (subject to hydrolysis) is 1. The molecule has 3 heterocycles. The first-order valence-corrected chi connectivity index (χ1v) is 27.4. The molecule has 75 heavy (non-hydrogen) atoms. The molecular weight excluding hydrogens is 1000 g/mol. The van der Waals surface area contributed by atoms with Gasteiger partial charge in [-0.25, -0.2) is 9.78 Å². The van der Waals surface area contributed by atoms with Gasteiger partial charge in [0.05, 0.1) is 39.3 Å². The summed E-state index contributed by atoms with van der Waals surface area (Å²) in [6, 6.07) is 8.56. The van der Waals surface area contributed by atoms with Gasteiger partial charge in [-0.3, -0.25) is 28.8 Å². The number of halogens is 1. The maximum Gasteiger partial charge on any atom is 0.408 e. The molecule has 2 aliphatic heterocycles. The SMILES string of the molecule is Cc1ncsc1-c1ccc([C@H](C)NC(=O)[C@@H]2C[C@@H](O)CN2C(=O)[C@@H](NC(=O)CCCCc2cccc(OC[C@H](CCC(N)=O)NC(=O)[C@@H]3CCCN3C(=O)[C@H](CC(C)C)NC(=O)OC(C)(C)C)c2Cl)C(C)(C)C)cc1. The van der Waals surface area contributed by atoms with Crippen LogP contribution in [0, 0.1) is 18.3 Å². The first-order chi connectivity index (χ1) is 35.2. The van der Waals surface area contributed by atoms with Crippen molar-refractivity contribution < 1.29 is 48.1 Å². The normalized spacial score (nSPS) is 18.4. The molecule has 20 heteroatoms. The van der Waals surface area contributed by atoms with Crippen LogP contribution in [0.1, 0.15) is 143 Å². The molecule has 7 N–H and O–H groups in total. The number of hydrogen-bond acceptors (Lipinski definition) is 12. The van der Waals surface area contributed by atoms with E-state index in [4.69, 9.17) is 26.8 Å². The molecule has 7 amide bonds. The number of β-amino-alcohol motifs (C(OH)–C–C–N with tert-alkyl or cyclic N) is 1. The van der Waals surface area contributed by atoms with Crippen molar-refractivity contribution in [3.8, 4) is 16.2 Å². The summed E-state index contributed by atoms with van der Waals surface area (Å²) in [6.45, 7) is 18.6. The number of likely N-dealkylation sites (tertiary alicyclic amines) is 2. The number of aliphatic hydroxyl groups excluding tert-OH is 1. The number of nitrogens with one attached hydrogen (secondary N) is 4. The second-order valence-corrected chi connectivity index (χ2v) is 23.6. The Kier molecular flexibility index (Phi) is 21.5. The van der Waals surface area contributed by atoms with Gasteiger partial charge in [-0.15, -0.1) is 11.3 Å². The Morgan fingerprint density at radius 1 is 0.880 bits per heavy atom. The summed E-state index contributed by atoms with van der Waals surface area (Å²) in [5.74, 6) is -2.12. The van der Waals surface area contributed by atoms with Gasteiger partial charge in [0, 0.05) is 32.4 Å². The highest BCUT2D eigenvalue weighted by Crippen LogP contribution is 2.32. The molecule has 7 atom stereocenters. The van der Waals surface area contributed by atoms with Crippen LogP contribution in [-0.4, -0.2) is 123 Å². The van der Waals surface area contributed by atoms with E-state index < -0.39 is 71.1 Å². The summed E-state index contributed by atoms with van der Waals surface area (Å²) in [4.78, 5) is 102. The molecule has 0 radical (unpaired) electrons. The number of aliphatic hydroxyl groups is 1. The zero-order chi connectivity index (χ0) is 55.4. The second kappa shape index (κ2) is 26.8. The fourth-order valence-corrected chi connectivity index (χ4v) is 10.4. The second-order valence-electron chi connectivity index (χ2n) is 22.4. The zero-order valence-corrected chi connectivity index (χ0v) is 46.8. The van der Waals surface area contributed by atoms with Gasteiger partial charge in [-0.2, -0.15) is 0 Å². The number of carbonyl (C=O) groups excluding carboxylic acids is 7. The minimum Gasteiger partial charge on any atom is -0.490 e. The van der Waals surface area contributed by atoms with E-state index >= 15 is 0 Å². The van der Waals surface area contributed by atoms with Crippen LogP contribution < -0.4 is 31.7 Å². The van der Waals surface area contributed by atoms with Gasteiger partial charge in [0.15, 0.2) is 0 Å². The third-order valence-electron chi connectivity index (χ3n) is 13.3. The van der Waals surface area contributed by atoms with E-state index in [-0.39, 0.29) is 68.5 Å². The number of carbonyl (C=O) groups is 7. The van der Waals surface area contributed by atoms with Crippen LogP contribution >= 0.6 is 22.9 Å². The van der Waals surface area contributed by atoms with E-state index in [0.29, 0.717) is 55.8 Å². The van der Waals surface area contributed by atoms with Gasteiger partial charge < -0.3 is 51.4 Å². The van der Waals surface area contributed by atoms with E-state index in [2.05, 4.69) is 26.3 Å². The monoisotopic (exact) mass is 1080 g/mol. The number of nitrogens with two attached hydrogens (primary N) is 1. The molecule has 0 spiro atoms. The van der Waals surface area contributed by atoms with Crippen LogP contribution in [0.5, 0.6) is 5.75 Å². The van der Waals surface area contributed by atoms with Gasteiger partial charge in [0.25, 0.3) is 0 Å². The van der Waals surface area contributed by atoms with Crippen LogP contribution in [0.2, 0.25) is 5.02 Å². The number of nitrogens with zero attached hydrogens (tertiary/aromatic N) is 3. The maximum absolute atomic E-state index is 14.2. The molecule has 412 valence electrons. The molecule has 5 rings (SSSR count). The Balaban J connectivity index is 1.14. The number of aromatic nitrogens is 1. The molecule has 3 aromatic rings. The highest BCUT2D eigenvalue weighted by atomic mass is 35.5. The lowest BCUT2D eigenvalue weighted by molar-refractivity contribution is -0.144. The van der Waals surface area contributed by atoms with Crippen molar-refractivity contribution in [2.24, 2.45) is 17.1 Å². The molecule has 2 aromatic carbocycles. The quantitative estimate of drug-likeness (QED) is 0.0532. The third kappa shape index (κ3) is 17.6. The van der Waals surface area contributed by atoms with Crippen LogP contribution in [0.3, 0.4) is 0 Å². The predicted octanol–water partition coefficient (Wildman–Crippen LogP) is 6.91. The number of hydrogen-bond donors (Lipinski definition) is 6. The Labute approximate surface area is 451 Å². The minimum atomic E-state index is -0.972. The van der Waals surface area contributed by atoms with Gasteiger partial charge in [0.1, 0.15) is 42.1 Å².